The molecule has 0 aromatic heterocycles. The van der Waals surface area contributed by atoms with E-state index in [1.54, 1.807) is 4.90 Å². The average Bonchev–Trinajstić information content (AvgIpc) is 3.16. The van der Waals surface area contributed by atoms with E-state index in [4.69, 9.17) is 16.3 Å². The number of halogens is 4. The van der Waals surface area contributed by atoms with E-state index in [2.05, 4.69) is 9.64 Å². The van der Waals surface area contributed by atoms with Gasteiger partial charge in [-0.25, -0.2) is 0 Å². The van der Waals surface area contributed by atoms with Crippen LogP contribution in [0.1, 0.15) is 23.7 Å². The number of esters is 1. The Bertz CT molecular complexity index is 990. The fourth-order valence-corrected chi connectivity index (χ4v) is 4.27. The standard InChI is InChI=1S/C23H22ClF3N2O4/c24-17-5-1-15(2-6-17)14-28-9-11-29(12-10-28)22(31)19-13-20(30)32-21(19)16-3-7-18(8-4-16)33-23(25,26)27/h1-8,19,21H,9-14H2/t19-,21?/m0/s1. The maximum absolute atomic E-state index is 13.2. The second kappa shape index (κ2) is 9.61. The Kier molecular flexibility index (Phi) is 6.81. The molecule has 4 rings (SSSR count). The predicted molar refractivity (Wildman–Crippen MR) is 113 cm³/mol. The topological polar surface area (TPSA) is 59.1 Å². The summed E-state index contributed by atoms with van der Waals surface area (Å²) in [4.78, 5) is 29.1. The van der Waals surface area contributed by atoms with Gasteiger partial charge in [0, 0.05) is 37.7 Å². The first-order valence-corrected chi connectivity index (χ1v) is 10.9. The lowest BCUT2D eigenvalue weighted by atomic mass is 9.93. The Labute approximate surface area is 193 Å². The Morgan fingerprint density at radius 1 is 1.03 bits per heavy atom. The Hall–Kier alpha value is -2.78. The van der Waals surface area contributed by atoms with Crippen LogP contribution in [0.4, 0.5) is 13.2 Å². The molecule has 0 N–H and O–H groups in total. The Morgan fingerprint density at radius 2 is 1.67 bits per heavy atom. The Balaban J connectivity index is 1.37. The van der Waals surface area contributed by atoms with Gasteiger partial charge in [0.15, 0.2) is 0 Å². The van der Waals surface area contributed by atoms with E-state index < -0.39 is 24.4 Å². The van der Waals surface area contributed by atoms with Gasteiger partial charge in [-0.2, -0.15) is 0 Å². The normalized spacial score (nSPS) is 21.7. The third-order valence-corrected chi connectivity index (χ3v) is 6.03. The van der Waals surface area contributed by atoms with Crippen LogP contribution in [-0.2, 0) is 20.9 Å². The average molecular weight is 483 g/mol. The van der Waals surface area contributed by atoms with Crippen LogP contribution in [-0.4, -0.2) is 54.2 Å². The van der Waals surface area contributed by atoms with Crippen LogP contribution in [0.3, 0.4) is 0 Å². The van der Waals surface area contributed by atoms with Crippen molar-refractivity contribution >= 4 is 23.5 Å². The highest BCUT2D eigenvalue weighted by Crippen LogP contribution is 2.37. The van der Waals surface area contributed by atoms with Gasteiger partial charge in [-0.05, 0) is 35.4 Å². The van der Waals surface area contributed by atoms with E-state index in [1.807, 2.05) is 24.3 Å². The van der Waals surface area contributed by atoms with Crippen LogP contribution >= 0.6 is 11.6 Å². The van der Waals surface area contributed by atoms with Crippen LogP contribution in [0.5, 0.6) is 5.75 Å². The molecule has 10 heteroatoms. The number of amides is 1. The number of carbonyl (C=O) groups excluding carboxylic acids is 2. The van der Waals surface area contributed by atoms with E-state index in [-0.39, 0.29) is 18.1 Å². The molecule has 0 spiro atoms. The first-order chi connectivity index (χ1) is 15.7. The Morgan fingerprint density at radius 3 is 2.27 bits per heavy atom. The second-order valence-corrected chi connectivity index (χ2v) is 8.50. The molecule has 2 atom stereocenters. The highest BCUT2D eigenvalue weighted by molar-refractivity contribution is 6.30. The van der Waals surface area contributed by atoms with Crippen molar-refractivity contribution in [3.05, 3.63) is 64.7 Å². The number of alkyl halides is 3. The van der Waals surface area contributed by atoms with Crippen molar-refractivity contribution < 1.29 is 32.2 Å². The van der Waals surface area contributed by atoms with Gasteiger partial charge in [0.05, 0.1) is 12.3 Å². The van der Waals surface area contributed by atoms with Crippen molar-refractivity contribution in [1.82, 2.24) is 9.80 Å². The fourth-order valence-electron chi connectivity index (χ4n) is 4.14. The van der Waals surface area contributed by atoms with Gasteiger partial charge >= 0.3 is 12.3 Å². The number of ether oxygens (including phenoxy) is 2. The van der Waals surface area contributed by atoms with Crippen molar-refractivity contribution in [2.24, 2.45) is 5.92 Å². The smallest absolute Gasteiger partial charge is 0.457 e. The molecule has 2 aliphatic heterocycles. The number of hydrogen-bond acceptors (Lipinski definition) is 5. The zero-order chi connectivity index (χ0) is 23.6. The molecule has 2 aromatic carbocycles. The summed E-state index contributed by atoms with van der Waals surface area (Å²) in [6, 6.07) is 12.7. The van der Waals surface area contributed by atoms with E-state index >= 15 is 0 Å². The molecule has 2 aliphatic rings. The zero-order valence-corrected chi connectivity index (χ0v) is 18.3. The van der Waals surface area contributed by atoms with Crippen molar-refractivity contribution in [2.45, 2.75) is 25.4 Å². The monoisotopic (exact) mass is 482 g/mol. The maximum atomic E-state index is 13.2. The van der Waals surface area contributed by atoms with Crippen molar-refractivity contribution in [2.75, 3.05) is 26.2 Å². The lowest BCUT2D eigenvalue weighted by molar-refractivity contribution is -0.274. The molecule has 1 amide bonds. The molecule has 2 saturated heterocycles. The molecule has 33 heavy (non-hydrogen) atoms. The van der Waals surface area contributed by atoms with E-state index in [0.29, 0.717) is 36.8 Å². The number of cyclic esters (lactones) is 1. The first-order valence-electron chi connectivity index (χ1n) is 10.5. The molecule has 0 saturated carbocycles. The SMILES string of the molecule is O=C1C[C@H](C(=O)N2CCN(Cc3ccc(Cl)cc3)CC2)C(c2ccc(OC(F)(F)F)cc2)O1. The third-order valence-electron chi connectivity index (χ3n) is 5.77. The van der Waals surface area contributed by atoms with E-state index in [1.165, 1.54) is 12.1 Å². The molecule has 176 valence electrons. The van der Waals surface area contributed by atoms with Gasteiger partial charge in [-0.15, -0.1) is 13.2 Å². The molecule has 2 heterocycles. The number of rotatable bonds is 5. The van der Waals surface area contributed by atoms with E-state index in [0.717, 1.165) is 24.2 Å². The summed E-state index contributed by atoms with van der Waals surface area (Å²) < 4.78 is 46.4. The number of nitrogens with zero attached hydrogens (tertiary/aromatic N) is 2. The number of benzene rings is 2. The summed E-state index contributed by atoms with van der Waals surface area (Å²) in [6.07, 6.45) is -5.69. The highest BCUT2D eigenvalue weighted by atomic mass is 35.5. The molecule has 2 aromatic rings. The van der Waals surface area contributed by atoms with Gasteiger partial charge in [0.1, 0.15) is 11.9 Å². The van der Waals surface area contributed by atoms with Gasteiger partial charge < -0.3 is 14.4 Å². The summed E-state index contributed by atoms with van der Waals surface area (Å²) >= 11 is 5.93. The molecule has 0 bridgehead atoms. The van der Waals surface area contributed by atoms with Crippen LogP contribution in [0.15, 0.2) is 48.5 Å². The summed E-state index contributed by atoms with van der Waals surface area (Å²) in [5.41, 5.74) is 1.59. The number of piperazine rings is 1. The fraction of sp³-hybridized carbons (Fsp3) is 0.391. The van der Waals surface area contributed by atoms with Gasteiger partial charge in [0.2, 0.25) is 5.91 Å². The molecular weight excluding hydrogens is 461 g/mol. The van der Waals surface area contributed by atoms with Gasteiger partial charge in [0.25, 0.3) is 0 Å². The van der Waals surface area contributed by atoms with Crippen LogP contribution in [0.2, 0.25) is 5.02 Å². The third kappa shape index (κ3) is 5.97. The molecule has 1 unspecified atom stereocenters. The van der Waals surface area contributed by atoms with Crippen molar-refractivity contribution in [3.63, 3.8) is 0 Å². The second-order valence-electron chi connectivity index (χ2n) is 8.07. The van der Waals surface area contributed by atoms with Crippen molar-refractivity contribution in [1.29, 1.82) is 0 Å². The number of hydrogen-bond donors (Lipinski definition) is 0. The minimum Gasteiger partial charge on any atom is -0.457 e. The minimum atomic E-state index is -4.80. The van der Waals surface area contributed by atoms with Gasteiger partial charge in [-0.3, -0.25) is 14.5 Å². The highest BCUT2D eigenvalue weighted by Gasteiger charge is 2.43. The summed E-state index contributed by atoms with van der Waals surface area (Å²) in [5.74, 6) is -1.78. The van der Waals surface area contributed by atoms with Crippen LogP contribution in [0, 0.1) is 5.92 Å². The minimum absolute atomic E-state index is 0.0602. The van der Waals surface area contributed by atoms with Crippen LogP contribution < -0.4 is 4.74 Å². The lowest BCUT2D eigenvalue weighted by Crippen LogP contribution is -2.50. The largest absolute Gasteiger partial charge is 0.573 e. The van der Waals surface area contributed by atoms with Crippen molar-refractivity contribution in [3.8, 4) is 5.75 Å². The zero-order valence-electron chi connectivity index (χ0n) is 17.6. The van der Waals surface area contributed by atoms with E-state index in [9.17, 15) is 22.8 Å². The lowest BCUT2D eigenvalue weighted by Gasteiger charge is -2.36. The molecule has 0 aliphatic carbocycles. The number of carbonyl (C=O) groups is 2. The molecular formula is C23H22ClF3N2O4. The van der Waals surface area contributed by atoms with Crippen LogP contribution in [0.25, 0.3) is 0 Å². The molecule has 0 radical (unpaired) electrons. The van der Waals surface area contributed by atoms with Gasteiger partial charge in [-0.1, -0.05) is 35.9 Å². The first kappa shape index (κ1) is 23.4. The maximum Gasteiger partial charge on any atom is 0.573 e. The predicted octanol–water partition coefficient (Wildman–Crippen LogP) is 4.19. The quantitative estimate of drug-likeness (QED) is 0.598. The summed E-state index contributed by atoms with van der Waals surface area (Å²) in [5, 5.41) is 0.680. The summed E-state index contributed by atoms with van der Waals surface area (Å²) in [7, 11) is 0. The summed E-state index contributed by atoms with van der Waals surface area (Å²) in [6.45, 7) is 3.15. The molecule has 2 fully saturated rings. The molecule has 6 nitrogen and oxygen atoms in total.